The highest BCUT2D eigenvalue weighted by molar-refractivity contribution is 6.30. The van der Waals surface area contributed by atoms with Crippen LogP contribution in [0.3, 0.4) is 0 Å². The van der Waals surface area contributed by atoms with E-state index in [0.29, 0.717) is 11.9 Å². The summed E-state index contributed by atoms with van der Waals surface area (Å²) in [5.41, 5.74) is 2.26. The lowest BCUT2D eigenvalue weighted by molar-refractivity contribution is 0.119. The molecule has 3 aromatic rings. The minimum atomic E-state index is -0.160. The molecule has 2 amide bonds. The van der Waals surface area contributed by atoms with Crippen molar-refractivity contribution in [3.8, 4) is 0 Å². The zero-order valence-electron chi connectivity index (χ0n) is 18.8. The summed E-state index contributed by atoms with van der Waals surface area (Å²) in [6, 6.07) is 20.5. The molecule has 33 heavy (non-hydrogen) atoms. The highest BCUT2D eigenvalue weighted by atomic mass is 35.5. The summed E-state index contributed by atoms with van der Waals surface area (Å²) in [6.45, 7) is 2.21. The number of nitrogens with zero attached hydrogens (tertiary/aromatic N) is 2. The van der Waals surface area contributed by atoms with Crippen LogP contribution < -0.4 is 10.6 Å². The zero-order valence-corrected chi connectivity index (χ0v) is 19.6. The predicted molar refractivity (Wildman–Crippen MR) is 135 cm³/mol. The first-order valence-corrected chi connectivity index (χ1v) is 12.4. The standard InChI is InChI=1S/C27H31ClN4O/c28-22-11-8-19(9-12-22)18-20-14-16-32(17-15-20)25-7-3-6-24(25)30-27(33)31-26-13-10-21-4-1-2-5-23(21)29-26/h1-2,4-5,8-13,20,24-25H,3,6-7,14-18H2,(H2,29,30,31,33). The molecule has 0 radical (unpaired) electrons. The Morgan fingerprint density at radius 2 is 1.76 bits per heavy atom. The molecule has 1 saturated carbocycles. The highest BCUT2D eigenvalue weighted by Crippen LogP contribution is 2.30. The second-order valence-electron chi connectivity index (χ2n) is 9.40. The van der Waals surface area contributed by atoms with E-state index in [0.717, 1.165) is 60.6 Å². The van der Waals surface area contributed by atoms with Crippen molar-refractivity contribution >= 4 is 34.4 Å². The van der Waals surface area contributed by atoms with E-state index in [-0.39, 0.29) is 12.1 Å². The highest BCUT2D eigenvalue weighted by Gasteiger charge is 2.35. The third-order valence-electron chi connectivity index (χ3n) is 7.19. The van der Waals surface area contributed by atoms with Crippen LogP contribution >= 0.6 is 11.6 Å². The van der Waals surface area contributed by atoms with E-state index in [1.165, 1.54) is 18.4 Å². The summed E-state index contributed by atoms with van der Waals surface area (Å²) in [5.74, 6) is 1.31. The van der Waals surface area contributed by atoms with E-state index in [9.17, 15) is 4.79 Å². The Labute approximate surface area is 200 Å². The quantitative estimate of drug-likeness (QED) is 0.497. The van der Waals surface area contributed by atoms with Gasteiger partial charge in [0.05, 0.1) is 5.52 Å². The first-order chi connectivity index (χ1) is 16.1. The molecule has 2 N–H and O–H groups in total. The molecule has 5 nitrogen and oxygen atoms in total. The number of para-hydroxylation sites is 1. The van der Waals surface area contributed by atoms with Gasteiger partial charge in [0, 0.05) is 22.5 Å². The number of hydrogen-bond acceptors (Lipinski definition) is 3. The first kappa shape index (κ1) is 22.2. The number of carbonyl (C=O) groups is 1. The van der Waals surface area contributed by atoms with E-state index >= 15 is 0 Å². The van der Waals surface area contributed by atoms with Gasteiger partial charge in [-0.2, -0.15) is 0 Å². The van der Waals surface area contributed by atoms with Gasteiger partial charge in [0.25, 0.3) is 0 Å². The van der Waals surface area contributed by atoms with Crippen molar-refractivity contribution in [2.45, 2.75) is 50.6 Å². The fraction of sp³-hybridized carbons (Fsp3) is 0.407. The number of nitrogens with one attached hydrogen (secondary N) is 2. The molecule has 1 aliphatic carbocycles. The number of urea groups is 1. The van der Waals surface area contributed by atoms with Crippen LogP contribution in [0, 0.1) is 5.92 Å². The number of piperidine rings is 1. The van der Waals surface area contributed by atoms with Crippen molar-refractivity contribution in [2.24, 2.45) is 5.92 Å². The molecule has 2 atom stereocenters. The smallest absolute Gasteiger partial charge is 0.320 e. The molecule has 0 bridgehead atoms. The minimum absolute atomic E-state index is 0.160. The minimum Gasteiger partial charge on any atom is -0.334 e. The van der Waals surface area contributed by atoms with Gasteiger partial charge < -0.3 is 5.32 Å². The van der Waals surface area contributed by atoms with Crippen LogP contribution in [-0.2, 0) is 6.42 Å². The van der Waals surface area contributed by atoms with Gasteiger partial charge in [-0.15, -0.1) is 0 Å². The molecule has 2 fully saturated rings. The normalized spacial score (nSPS) is 21.8. The van der Waals surface area contributed by atoms with Crippen molar-refractivity contribution in [3.05, 3.63) is 71.2 Å². The SMILES string of the molecule is O=C(Nc1ccc2ccccc2n1)NC1CCCC1N1CCC(Cc2ccc(Cl)cc2)CC1. The van der Waals surface area contributed by atoms with Gasteiger partial charge in [-0.05, 0) is 93.4 Å². The second-order valence-corrected chi connectivity index (χ2v) is 9.84. The van der Waals surface area contributed by atoms with Crippen LogP contribution in [0.25, 0.3) is 10.9 Å². The third-order valence-corrected chi connectivity index (χ3v) is 7.44. The van der Waals surface area contributed by atoms with Gasteiger partial charge in [0.15, 0.2) is 0 Å². The molecule has 1 saturated heterocycles. The number of aromatic nitrogens is 1. The largest absolute Gasteiger partial charge is 0.334 e. The van der Waals surface area contributed by atoms with Gasteiger partial charge >= 0.3 is 6.03 Å². The molecule has 2 aromatic carbocycles. The molecular weight excluding hydrogens is 432 g/mol. The summed E-state index contributed by atoms with van der Waals surface area (Å²) in [4.78, 5) is 19.9. The monoisotopic (exact) mass is 462 g/mol. The Morgan fingerprint density at radius 1 is 0.970 bits per heavy atom. The molecule has 2 unspecified atom stereocenters. The number of likely N-dealkylation sites (tertiary alicyclic amines) is 1. The molecule has 172 valence electrons. The molecule has 2 aliphatic rings. The van der Waals surface area contributed by atoms with Gasteiger partial charge in [0.2, 0.25) is 0 Å². The van der Waals surface area contributed by atoms with E-state index < -0.39 is 0 Å². The van der Waals surface area contributed by atoms with Crippen molar-refractivity contribution in [2.75, 3.05) is 18.4 Å². The molecule has 2 heterocycles. The zero-order chi connectivity index (χ0) is 22.6. The van der Waals surface area contributed by atoms with E-state index in [1.807, 2.05) is 48.5 Å². The van der Waals surface area contributed by atoms with E-state index in [1.54, 1.807) is 0 Å². The lowest BCUT2D eigenvalue weighted by Gasteiger charge is -2.38. The van der Waals surface area contributed by atoms with Crippen LogP contribution in [0.15, 0.2) is 60.7 Å². The van der Waals surface area contributed by atoms with Crippen molar-refractivity contribution in [1.29, 1.82) is 0 Å². The van der Waals surface area contributed by atoms with Crippen LogP contribution in [-0.4, -0.2) is 41.1 Å². The number of carbonyl (C=O) groups excluding carboxylic acids is 1. The topological polar surface area (TPSA) is 57.3 Å². The van der Waals surface area contributed by atoms with Crippen LogP contribution in [0.4, 0.5) is 10.6 Å². The van der Waals surface area contributed by atoms with Crippen molar-refractivity contribution < 1.29 is 4.79 Å². The summed E-state index contributed by atoms with van der Waals surface area (Å²) < 4.78 is 0. The number of benzene rings is 2. The molecule has 6 heteroatoms. The maximum Gasteiger partial charge on any atom is 0.320 e. The van der Waals surface area contributed by atoms with Crippen LogP contribution in [0.1, 0.15) is 37.7 Å². The Bertz CT molecular complexity index is 1090. The lowest BCUT2D eigenvalue weighted by atomic mass is 9.89. The Balaban J connectivity index is 1.13. The number of hydrogen-bond donors (Lipinski definition) is 2. The Hall–Kier alpha value is -2.63. The molecule has 0 spiro atoms. The van der Waals surface area contributed by atoms with Crippen molar-refractivity contribution in [1.82, 2.24) is 15.2 Å². The van der Waals surface area contributed by atoms with Gasteiger partial charge in [-0.1, -0.05) is 41.9 Å². The molecule has 5 rings (SSSR count). The Kier molecular flexibility index (Phi) is 6.79. The number of anilines is 1. The summed E-state index contributed by atoms with van der Waals surface area (Å²) in [6.07, 6.45) is 6.89. The summed E-state index contributed by atoms with van der Waals surface area (Å²) in [5, 5.41) is 8.04. The van der Waals surface area contributed by atoms with Crippen LogP contribution in [0.5, 0.6) is 0 Å². The van der Waals surface area contributed by atoms with Gasteiger partial charge in [0.1, 0.15) is 5.82 Å². The maximum absolute atomic E-state index is 12.7. The van der Waals surface area contributed by atoms with Crippen molar-refractivity contribution in [3.63, 3.8) is 0 Å². The fourth-order valence-electron chi connectivity index (χ4n) is 5.44. The average Bonchev–Trinajstić information content (AvgIpc) is 3.29. The molecular formula is C27H31ClN4O. The summed E-state index contributed by atoms with van der Waals surface area (Å²) in [7, 11) is 0. The third kappa shape index (κ3) is 5.48. The number of amides is 2. The maximum atomic E-state index is 12.7. The summed E-state index contributed by atoms with van der Waals surface area (Å²) >= 11 is 6.02. The fourth-order valence-corrected chi connectivity index (χ4v) is 5.57. The van der Waals surface area contributed by atoms with Gasteiger partial charge in [-0.25, -0.2) is 9.78 Å². The predicted octanol–water partition coefficient (Wildman–Crippen LogP) is 5.89. The number of fused-ring (bicyclic) bond motifs is 1. The van der Waals surface area contributed by atoms with Crippen LogP contribution in [0.2, 0.25) is 5.02 Å². The van der Waals surface area contributed by atoms with Gasteiger partial charge in [-0.3, -0.25) is 10.2 Å². The van der Waals surface area contributed by atoms with E-state index in [4.69, 9.17) is 11.6 Å². The average molecular weight is 463 g/mol. The second kappa shape index (κ2) is 10.1. The lowest BCUT2D eigenvalue weighted by Crippen LogP contribution is -2.52. The molecule has 1 aliphatic heterocycles. The Morgan fingerprint density at radius 3 is 2.58 bits per heavy atom. The molecule has 1 aromatic heterocycles. The number of rotatable bonds is 5. The number of pyridine rings is 1. The first-order valence-electron chi connectivity index (χ1n) is 12.1. The number of halogens is 1. The van der Waals surface area contributed by atoms with E-state index in [2.05, 4.69) is 32.7 Å².